The maximum Gasteiger partial charge on any atom is 0.354 e. The Hall–Kier alpha value is -2.63. The molecular weight excluding hydrogens is 246 g/mol. The highest BCUT2D eigenvalue weighted by molar-refractivity contribution is 5.86. The number of carboxylic acids is 1. The minimum atomic E-state index is -1.09. The van der Waals surface area contributed by atoms with Gasteiger partial charge >= 0.3 is 5.97 Å². The van der Waals surface area contributed by atoms with Gasteiger partial charge in [-0.2, -0.15) is 0 Å². The molecule has 0 aliphatic carbocycles. The highest BCUT2D eigenvalue weighted by Crippen LogP contribution is 2.26. The predicted molar refractivity (Wildman–Crippen MR) is 69.9 cm³/mol. The first-order valence-electron chi connectivity index (χ1n) is 5.75. The summed E-state index contributed by atoms with van der Waals surface area (Å²) >= 11 is 0. The lowest BCUT2D eigenvalue weighted by Gasteiger charge is -2.11. The summed E-state index contributed by atoms with van der Waals surface area (Å²) in [6.45, 7) is 2.44. The number of aromatic nitrogens is 2. The van der Waals surface area contributed by atoms with Crippen molar-refractivity contribution in [1.82, 2.24) is 9.97 Å². The maximum absolute atomic E-state index is 10.8. The van der Waals surface area contributed by atoms with Crippen molar-refractivity contribution in [1.29, 1.82) is 0 Å². The fourth-order valence-electron chi connectivity index (χ4n) is 1.53. The second-order valence-electron chi connectivity index (χ2n) is 3.65. The SMILES string of the molecule is CCOc1ccccc1Nc1cc(C(=O)O)ncn1. The summed E-state index contributed by atoms with van der Waals surface area (Å²) in [5.74, 6) is -0.0106. The van der Waals surface area contributed by atoms with Crippen LogP contribution in [0, 0.1) is 0 Å². The molecule has 98 valence electrons. The molecular formula is C13H13N3O3. The molecule has 0 unspecified atom stereocenters. The normalized spacial score (nSPS) is 9.95. The molecule has 2 N–H and O–H groups in total. The number of nitrogens with zero attached hydrogens (tertiary/aromatic N) is 2. The van der Waals surface area contributed by atoms with E-state index in [0.29, 0.717) is 18.2 Å². The maximum atomic E-state index is 10.8. The molecule has 1 aromatic heterocycles. The van der Waals surface area contributed by atoms with Crippen molar-refractivity contribution >= 4 is 17.5 Å². The van der Waals surface area contributed by atoms with Gasteiger partial charge in [-0.1, -0.05) is 12.1 Å². The van der Waals surface area contributed by atoms with Gasteiger partial charge in [0.05, 0.1) is 12.3 Å². The third-order valence-electron chi connectivity index (χ3n) is 2.34. The highest BCUT2D eigenvalue weighted by Gasteiger charge is 2.08. The number of hydrogen-bond donors (Lipinski definition) is 2. The molecule has 0 aliphatic rings. The number of rotatable bonds is 5. The molecule has 0 bridgehead atoms. The first kappa shape index (κ1) is 12.8. The summed E-state index contributed by atoms with van der Waals surface area (Å²) in [5, 5.41) is 11.9. The Kier molecular flexibility index (Phi) is 3.92. The number of carbonyl (C=O) groups is 1. The molecule has 19 heavy (non-hydrogen) atoms. The Morgan fingerprint density at radius 2 is 2.16 bits per heavy atom. The lowest BCUT2D eigenvalue weighted by Crippen LogP contribution is -2.04. The van der Waals surface area contributed by atoms with Gasteiger partial charge in [0.1, 0.15) is 17.9 Å². The summed E-state index contributed by atoms with van der Waals surface area (Å²) in [6.07, 6.45) is 1.20. The van der Waals surface area contributed by atoms with Gasteiger partial charge < -0.3 is 15.2 Å². The summed E-state index contributed by atoms with van der Waals surface area (Å²) in [7, 11) is 0. The van der Waals surface area contributed by atoms with Crippen LogP contribution in [0.15, 0.2) is 36.7 Å². The molecule has 1 aromatic carbocycles. The van der Waals surface area contributed by atoms with Crippen molar-refractivity contribution < 1.29 is 14.6 Å². The van der Waals surface area contributed by atoms with Crippen LogP contribution in [-0.2, 0) is 0 Å². The minimum Gasteiger partial charge on any atom is -0.492 e. The van der Waals surface area contributed by atoms with Crippen molar-refractivity contribution in [2.24, 2.45) is 0 Å². The topological polar surface area (TPSA) is 84.3 Å². The zero-order chi connectivity index (χ0) is 13.7. The Bertz CT molecular complexity index is 587. The number of ether oxygens (including phenoxy) is 1. The van der Waals surface area contributed by atoms with Crippen LogP contribution in [0.2, 0.25) is 0 Å². The van der Waals surface area contributed by atoms with Crippen molar-refractivity contribution in [3.63, 3.8) is 0 Å². The molecule has 2 aromatic rings. The number of benzene rings is 1. The molecule has 0 saturated carbocycles. The van der Waals surface area contributed by atoms with Gasteiger partial charge in [0, 0.05) is 6.07 Å². The Labute approximate surface area is 110 Å². The molecule has 6 nitrogen and oxygen atoms in total. The van der Waals surface area contributed by atoms with Crippen LogP contribution < -0.4 is 10.1 Å². The molecule has 0 radical (unpaired) electrons. The summed E-state index contributed by atoms with van der Waals surface area (Å²) in [4.78, 5) is 18.5. The van der Waals surface area contributed by atoms with Gasteiger partial charge in [-0.15, -0.1) is 0 Å². The molecule has 2 rings (SSSR count). The van der Waals surface area contributed by atoms with E-state index >= 15 is 0 Å². The van der Waals surface area contributed by atoms with Crippen LogP contribution in [0.5, 0.6) is 5.75 Å². The van der Waals surface area contributed by atoms with E-state index in [0.717, 1.165) is 5.69 Å². The monoisotopic (exact) mass is 259 g/mol. The van der Waals surface area contributed by atoms with Crippen molar-refractivity contribution in [3.8, 4) is 5.75 Å². The third-order valence-corrected chi connectivity index (χ3v) is 2.34. The average molecular weight is 259 g/mol. The zero-order valence-electron chi connectivity index (χ0n) is 10.3. The molecule has 0 spiro atoms. The highest BCUT2D eigenvalue weighted by atomic mass is 16.5. The van der Waals surface area contributed by atoms with E-state index in [1.807, 2.05) is 31.2 Å². The number of nitrogens with one attached hydrogen (secondary N) is 1. The molecule has 0 fully saturated rings. The Morgan fingerprint density at radius 1 is 1.37 bits per heavy atom. The molecule has 0 amide bonds. The van der Waals surface area contributed by atoms with Crippen LogP contribution >= 0.6 is 0 Å². The van der Waals surface area contributed by atoms with Gasteiger partial charge in [0.25, 0.3) is 0 Å². The summed E-state index contributed by atoms with van der Waals surface area (Å²) in [6, 6.07) is 8.73. The van der Waals surface area contributed by atoms with Crippen molar-refractivity contribution in [3.05, 3.63) is 42.4 Å². The summed E-state index contributed by atoms with van der Waals surface area (Å²) in [5.41, 5.74) is 0.658. The number of anilines is 2. The van der Waals surface area contributed by atoms with Gasteiger partial charge in [0.2, 0.25) is 0 Å². The third kappa shape index (κ3) is 3.19. The van der Waals surface area contributed by atoms with Crippen molar-refractivity contribution in [2.45, 2.75) is 6.92 Å². The van der Waals surface area contributed by atoms with E-state index in [1.165, 1.54) is 12.4 Å². The molecule has 6 heteroatoms. The second-order valence-corrected chi connectivity index (χ2v) is 3.65. The van der Waals surface area contributed by atoms with Crippen molar-refractivity contribution in [2.75, 3.05) is 11.9 Å². The quantitative estimate of drug-likeness (QED) is 0.857. The number of aromatic carboxylic acids is 1. The van der Waals surface area contributed by atoms with Gasteiger partial charge in [-0.25, -0.2) is 14.8 Å². The predicted octanol–water partition coefficient (Wildman–Crippen LogP) is 2.32. The van der Waals surface area contributed by atoms with E-state index in [2.05, 4.69) is 15.3 Å². The largest absolute Gasteiger partial charge is 0.492 e. The lowest BCUT2D eigenvalue weighted by atomic mass is 10.3. The number of carboxylic acid groups (broad SMARTS) is 1. The van der Waals surface area contributed by atoms with Crippen LogP contribution in [0.1, 0.15) is 17.4 Å². The molecule has 0 saturated heterocycles. The smallest absolute Gasteiger partial charge is 0.354 e. The van der Waals surface area contributed by atoms with E-state index in [-0.39, 0.29) is 5.69 Å². The Balaban J connectivity index is 2.26. The van der Waals surface area contributed by atoms with Crippen LogP contribution in [0.25, 0.3) is 0 Å². The lowest BCUT2D eigenvalue weighted by molar-refractivity contribution is 0.0690. The fourth-order valence-corrected chi connectivity index (χ4v) is 1.53. The van der Waals surface area contributed by atoms with Crippen LogP contribution in [0.4, 0.5) is 11.5 Å². The van der Waals surface area contributed by atoms with E-state index in [9.17, 15) is 4.79 Å². The zero-order valence-corrected chi connectivity index (χ0v) is 10.3. The van der Waals surface area contributed by atoms with Gasteiger partial charge in [-0.05, 0) is 19.1 Å². The van der Waals surface area contributed by atoms with Gasteiger partial charge in [-0.3, -0.25) is 0 Å². The first-order chi connectivity index (χ1) is 9.20. The standard InChI is InChI=1S/C13H13N3O3/c1-2-19-11-6-4-3-5-9(11)16-12-7-10(13(17)18)14-8-15-12/h3-8H,2H2,1H3,(H,17,18)(H,14,15,16). The average Bonchev–Trinajstić information content (AvgIpc) is 2.41. The fraction of sp³-hybridized carbons (Fsp3) is 0.154. The van der Waals surface area contributed by atoms with E-state index < -0.39 is 5.97 Å². The van der Waals surface area contributed by atoms with E-state index in [4.69, 9.17) is 9.84 Å². The Morgan fingerprint density at radius 3 is 2.89 bits per heavy atom. The van der Waals surface area contributed by atoms with E-state index in [1.54, 1.807) is 0 Å². The number of para-hydroxylation sites is 2. The molecule has 0 atom stereocenters. The molecule has 0 aliphatic heterocycles. The first-order valence-corrected chi connectivity index (χ1v) is 5.75. The summed E-state index contributed by atoms with van der Waals surface area (Å²) < 4.78 is 5.46. The second kappa shape index (κ2) is 5.81. The van der Waals surface area contributed by atoms with Crippen LogP contribution in [-0.4, -0.2) is 27.7 Å². The van der Waals surface area contributed by atoms with Gasteiger partial charge in [0.15, 0.2) is 5.69 Å². The molecule has 1 heterocycles. The minimum absolute atomic E-state index is 0.0635. The number of hydrogen-bond acceptors (Lipinski definition) is 5. The van der Waals surface area contributed by atoms with Crippen LogP contribution in [0.3, 0.4) is 0 Å².